The molecule has 4 rings (SSSR count). The summed E-state index contributed by atoms with van der Waals surface area (Å²) in [6.07, 6.45) is 0.628. The smallest absolute Gasteiger partial charge is 0.308 e. The van der Waals surface area contributed by atoms with Crippen LogP contribution in [0.4, 0.5) is 5.69 Å². The fourth-order valence-electron chi connectivity index (χ4n) is 3.55. The molecule has 2 aromatic carbocycles. The molecule has 0 aliphatic carbocycles. The van der Waals surface area contributed by atoms with E-state index in [-0.39, 0.29) is 44.0 Å². The third-order valence-corrected chi connectivity index (χ3v) is 5.01. The van der Waals surface area contributed by atoms with Crippen molar-refractivity contribution in [2.75, 3.05) is 31.3 Å². The molecule has 0 radical (unpaired) electrons. The number of nitrogens with one attached hydrogen (secondary N) is 1. The van der Waals surface area contributed by atoms with E-state index in [9.17, 15) is 14.4 Å². The molecule has 0 bridgehead atoms. The largest absolute Gasteiger partial charge is 0.493 e. The minimum atomic E-state index is -0.547. The molecule has 30 heavy (non-hydrogen) atoms. The van der Waals surface area contributed by atoms with E-state index in [4.69, 9.17) is 14.2 Å². The van der Waals surface area contributed by atoms with E-state index in [1.807, 2.05) is 30.3 Å². The van der Waals surface area contributed by atoms with Crippen molar-refractivity contribution >= 4 is 23.5 Å². The molecule has 2 aromatic rings. The van der Waals surface area contributed by atoms with Crippen molar-refractivity contribution in [1.29, 1.82) is 0 Å². The molecule has 156 valence electrons. The minimum Gasteiger partial charge on any atom is -0.493 e. The predicted molar refractivity (Wildman–Crippen MR) is 107 cm³/mol. The Hall–Kier alpha value is -3.55. The van der Waals surface area contributed by atoms with Gasteiger partial charge in [-0.05, 0) is 18.2 Å². The molecule has 1 unspecified atom stereocenters. The summed E-state index contributed by atoms with van der Waals surface area (Å²) in [5, 5.41) is 2.88. The minimum absolute atomic E-state index is 0.0204. The van der Waals surface area contributed by atoms with Gasteiger partial charge in [-0.2, -0.15) is 0 Å². The maximum absolute atomic E-state index is 12.2. The Balaban J connectivity index is 1.26. The molecule has 1 atom stereocenters. The number of esters is 1. The first-order chi connectivity index (χ1) is 14.6. The Morgan fingerprint density at radius 1 is 1.07 bits per heavy atom. The van der Waals surface area contributed by atoms with Gasteiger partial charge in [-0.3, -0.25) is 14.4 Å². The molecular weight excluding hydrogens is 388 g/mol. The zero-order valence-corrected chi connectivity index (χ0v) is 16.3. The number of para-hydroxylation sites is 3. The normalized spacial score (nSPS) is 17.1. The van der Waals surface area contributed by atoms with Crippen LogP contribution in [0, 0.1) is 0 Å². The van der Waals surface area contributed by atoms with Crippen LogP contribution in [-0.4, -0.2) is 44.1 Å². The van der Waals surface area contributed by atoms with Gasteiger partial charge in [0.1, 0.15) is 11.5 Å². The highest BCUT2D eigenvalue weighted by Crippen LogP contribution is 2.32. The van der Waals surface area contributed by atoms with Gasteiger partial charge in [-0.25, -0.2) is 0 Å². The van der Waals surface area contributed by atoms with Crippen molar-refractivity contribution in [2.24, 2.45) is 0 Å². The number of hydrogen-bond acceptors (Lipinski definition) is 6. The number of carbonyl (C=O) groups excluding carboxylic acids is 3. The van der Waals surface area contributed by atoms with Crippen LogP contribution >= 0.6 is 0 Å². The highest BCUT2D eigenvalue weighted by molar-refractivity contribution is 5.98. The Morgan fingerprint density at radius 3 is 2.70 bits per heavy atom. The quantitative estimate of drug-likeness (QED) is 0.732. The lowest BCUT2D eigenvalue weighted by molar-refractivity contribution is -0.148. The molecule has 8 nitrogen and oxygen atoms in total. The predicted octanol–water partition coefficient (Wildman–Crippen LogP) is 1.99. The molecule has 1 N–H and O–H groups in total. The first-order valence-corrected chi connectivity index (χ1v) is 9.81. The number of rotatable bonds is 6. The summed E-state index contributed by atoms with van der Waals surface area (Å²) in [5.74, 6) is 0.202. The summed E-state index contributed by atoms with van der Waals surface area (Å²) in [7, 11) is 0. The van der Waals surface area contributed by atoms with E-state index >= 15 is 0 Å². The number of fused-ring (bicyclic) bond motifs is 2. The lowest BCUT2D eigenvalue weighted by Crippen LogP contribution is -2.40. The van der Waals surface area contributed by atoms with Crippen molar-refractivity contribution in [2.45, 2.75) is 18.9 Å². The van der Waals surface area contributed by atoms with Gasteiger partial charge in [0, 0.05) is 18.5 Å². The van der Waals surface area contributed by atoms with E-state index in [0.717, 1.165) is 11.3 Å². The summed E-state index contributed by atoms with van der Waals surface area (Å²) in [6, 6.07) is 14.5. The van der Waals surface area contributed by atoms with Crippen LogP contribution in [-0.2, 0) is 19.1 Å². The second-order valence-corrected chi connectivity index (χ2v) is 7.01. The highest BCUT2D eigenvalue weighted by Gasteiger charge is 2.26. The lowest BCUT2D eigenvalue weighted by atomic mass is 10.0. The maximum Gasteiger partial charge on any atom is 0.308 e. The van der Waals surface area contributed by atoms with Crippen molar-refractivity contribution in [3.63, 3.8) is 0 Å². The Bertz CT molecular complexity index is 960. The van der Waals surface area contributed by atoms with Gasteiger partial charge < -0.3 is 24.4 Å². The number of carbonyl (C=O) groups is 3. The number of amides is 2. The maximum atomic E-state index is 12.2. The molecule has 2 heterocycles. The monoisotopic (exact) mass is 410 g/mol. The van der Waals surface area contributed by atoms with Crippen molar-refractivity contribution in [1.82, 2.24) is 5.32 Å². The first-order valence-electron chi connectivity index (χ1n) is 9.81. The Morgan fingerprint density at radius 2 is 1.83 bits per heavy atom. The van der Waals surface area contributed by atoms with Crippen LogP contribution in [0.2, 0.25) is 0 Å². The molecule has 0 aromatic heterocycles. The average molecular weight is 410 g/mol. The van der Waals surface area contributed by atoms with Gasteiger partial charge in [0.2, 0.25) is 0 Å². The van der Waals surface area contributed by atoms with E-state index in [0.29, 0.717) is 24.5 Å². The number of ether oxygens (including phenoxy) is 3. The second-order valence-electron chi connectivity index (χ2n) is 7.01. The molecule has 0 saturated carbocycles. The van der Waals surface area contributed by atoms with E-state index in [2.05, 4.69) is 5.32 Å². The van der Waals surface area contributed by atoms with E-state index in [1.54, 1.807) is 18.2 Å². The number of hydrogen-bond donors (Lipinski definition) is 1. The summed E-state index contributed by atoms with van der Waals surface area (Å²) < 4.78 is 16.1. The zero-order valence-electron chi connectivity index (χ0n) is 16.3. The highest BCUT2D eigenvalue weighted by atomic mass is 16.5. The van der Waals surface area contributed by atoms with Gasteiger partial charge in [0.15, 0.2) is 13.2 Å². The molecule has 2 amide bonds. The third-order valence-electron chi connectivity index (χ3n) is 5.01. The van der Waals surface area contributed by atoms with Gasteiger partial charge in [-0.1, -0.05) is 30.3 Å². The average Bonchev–Trinajstić information content (AvgIpc) is 2.77. The van der Waals surface area contributed by atoms with Crippen LogP contribution in [0.3, 0.4) is 0 Å². The zero-order chi connectivity index (χ0) is 20.9. The topological polar surface area (TPSA) is 94.2 Å². The van der Waals surface area contributed by atoms with Crippen LogP contribution in [0.25, 0.3) is 0 Å². The van der Waals surface area contributed by atoms with Gasteiger partial charge >= 0.3 is 5.97 Å². The fourth-order valence-corrected chi connectivity index (χ4v) is 3.55. The summed E-state index contributed by atoms with van der Waals surface area (Å²) in [4.78, 5) is 38.0. The van der Waals surface area contributed by atoms with E-state index in [1.165, 1.54) is 4.90 Å². The molecule has 2 aliphatic rings. The summed E-state index contributed by atoms with van der Waals surface area (Å²) >= 11 is 0. The van der Waals surface area contributed by atoms with Crippen LogP contribution in [0.5, 0.6) is 11.5 Å². The van der Waals surface area contributed by atoms with Gasteiger partial charge in [0.05, 0.1) is 24.8 Å². The van der Waals surface area contributed by atoms with Crippen LogP contribution < -0.4 is 19.7 Å². The molecule has 8 heteroatoms. The molecular formula is C22H22N2O6. The number of nitrogens with zero attached hydrogens (tertiary/aromatic N) is 1. The third kappa shape index (κ3) is 4.37. The number of benzene rings is 2. The Kier molecular flexibility index (Phi) is 5.83. The van der Waals surface area contributed by atoms with Crippen LogP contribution in [0.15, 0.2) is 48.5 Å². The molecule has 0 saturated heterocycles. The standard InChI is InChI=1S/C22H22N2O6/c25-20(23-16-10-12-28-18-7-3-1-5-15(16)18)13-30-22(27)9-11-24-17-6-2-4-8-19(17)29-14-21(24)26/h1-8,16H,9-14H2,(H,23,25). The SMILES string of the molecule is O=C(COC(=O)CCN1C(=O)COc2ccccc21)NC1CCOc2ccccc21. The second kappa shape index (κ2) is 8.86. The van der Waals surface area contributed by atoms with Crippen molar-refractivity contribution in [3.8, 4) is 11.5 Å². The van der Waals surface area contributed by atoms with Crippen LogP contribution in [0.1, 0.15) is 24.4 Å². The van der Waals surface area contributed by atoms with Gasteiger partial charge in [-0.15, -0.1) is 0 Å². The van der Waals surface area contributed by atoms with Crippen molar-refractivity contribution < 1.29 is 28.6 Å². The molecule has 2 aliphatic heterocycles. The number of anilines is 1. The first kappa shape index (κ1) is 19.8. The summed E-state index contributed by atoms with van der Waals surface area (Å²) in [5.41, 5.74) is 1.53. The Labute approximate surface area is 173 Å². The fraction of sp³-hybridized carbons (Fsp3) is 0.318. The molecule has 0 fully saturated rings. The lowest BCUT2D eigenvalue weighted by Gasteiger charge is -2.29. The van der Waals surface area contributed by atoms with Crippen molar-refractivity contribution in [3.05, 3.63) is 54.1 Å². The summed E-state index contributed by atoms with van der Waals surface area (Å²) in [6.45, 7) is 0.233. The van der Waals surface area contributed by atoms with E-state index < -0.39 is 5.97 Å². The molecule has 0 spiro atoms. The van der Waals surface area contributed by atoms with Gasteiger partial charge in [0.25, 0.3) is 11.8 Å².